The average molecular weight is 457 g/mol. The fraction of sp³-hybridized carbons (Fsp3) is 0.185. The molecule has 0 spiro atoms. The van der Waals surface area contributed by atoms with Crippen LogP contribution in [0.5, 0.6) is 5.75 Å². The van der Waals surface area contributed by atoms with Crippen molar-refractivity contribution < 1.29 is 13.9 Å². The summed E-state index contributed by atoms with van der Waals surface area (Å²) in [7, 11) is 1.57. The number of benzene rings is 2. The van der Waals surface area contributed by atoms with E-state index in [4.69, 9.17) is 9.72 Å². The van der Waals surface area contributed by atoms with E-state index in [0.29, 0.717) is 18.0 Å². The number of amides is 2. The molecule has 0 bridgehead atoms. The number of aryl methyl sites for hydroxylation is 2. The highest BCUT2D eigenvalue weighted by molar-refractivity contribution is 5.91. The molecule has 0 unspecified atom stereocenters. The predicted molar refractivity (Wildman–Crippen MR) is 129 cm³/mol. The van der Waals surface area contributed by atoms with Crippen molar-refractivity contribution in [3.63, 3.8) is 0 Å². The molecule has 7 heteroatoms. The topological polar surface area (TPSA) is 59.4 Å². The molecule has 1 aliphatic heterocycles. The van der Waals surface area contributed by atoms with Gasteiger partial charge in [0.25, 0.3) is 0 Å². The van der Waals surface area contributed by atoms with Crippen LogP contribution in [-0.2, 0) is 6.54 Å². The van der Waals surface area contributed by atoms with Crippen molar-refractivity contribution in [3.8, 4) is 11.6 Å². The van der Waals surface area contributed by atoms with E-state index < -0.39 is 6.04 Å². The Morgan fingerprint density at radius 1 is 1.09 bits per heavy atom. The van der Waals surface area contributed by atoms with Gasteiger partial charge in [-0.05, 0) is 67.4 Å². The third-order valence-electron chi connectivity index (χ3n) is 6.18. The molecule has 2 aromatic carbocycles. The molecule has 6 nitrogen and oxygen atoms in total. The van der Waals surface area contributed by atoms with Gasteiger partial charge >= 0.3 is 6.03 Å². The minimum absolute atomic E-state index is 0.292. The largest absolute Gasteiger partial charge is 0.495 e. The van der Waals surface area contributed by atoms with Crippen LogP contribution in [0.4, 0.5) is 14.9 Å². The summed E-state index contributed by atoms with van der Waals surface area (Å²) in [6.45, 7) is 4.33. The van der Waals surface area contributed by atoms with Crippen LogP contribution in [0, 0.1) is 19.7 Å². The smallest absolute Gasteiger partial charge is 0.323 e. The highest BCUT2D eigenvalue weighted by Gasteiger charge is 2.34. The van der Waals surface area contributed by atoms with Gasteiger partial charge in [-0.15, -0.1) is 0 Å². The van der Waals surface area contributed by atoms with Gasteiger partial charge in [-0.2, -0.15) is 0 Å². The first-order valence-corrected chi connectivity index (χ1v) is 11.1. The Morgan fingerprint density at radius 2 is 1.85 bits per heavy atom. The number of hydrogen-bond donors (Lipinski definition) is 1. The Hall–Kier alpha value is -4.13. The van der Waals surface area contributed by atoms with Gasteiger partial charge in [-0.3, -0.25) is 0 Å². The summed E-state index contributed by atoms with van der Waals surface area (Å²) in [5.74, 6) is 1.05. The van der Waals surface area contributed by atoms with Gasteiger partial charge in [0.1, 0.15) is 17.4 Å². The molecular formula is C27H25FN4O2. The number of ether oxygens (including phenoxy) is 1. The van der Waals surface area contributed by atoms with Gasteiger partial charge in [0.2, 0.25) is 0 Å². The second-order valence-corrected chi connectivity index (χ2v) is 8.40. The van der Waals surface area contributed by atoms with Crippen LogP contribution >= 0.6 is 0 Å². The third kappa shape index (κ3) is 3.79. The summed E-state index contributed by atoms with van der Waals surface area (Å²) in [6, 6.07) is 18.8. The van der Waals surface area contributed by atoms with Gasteiger partial charge in [0.05, 0.1) is 31.1 Å². The quantitative estimate of drug-likeness (QED) is 0.426. The van der Waals surface area contributed by atoms with Crippen LogP contribution in [0.1, 0.15) is 34.1 Å². The number of aromatic nitrogens is 2. The van der Waals surface area contributed by atoms with Crippen molar-refractivity contribution >= 4 is 11.7 Å². The number of para-hydroxylation sites is 2. The van der Waals surface area contributed by atoms with Crippen molar-refractivity contribution in [2.45, 2.75) is 26.4 Å². The van der Waals surface area contributed by atoms with Crippen LogP contribution in [0.3, 0.4) is 0 Å². The zero-order valence-corrected chi connectivity index (χ0v) is 19.2. The van der Waals surface area contributed by atoms with Gasteiger partial charge in [-0.1, -0.05) is 24.3 Å². The van der Waals surface area contributed by atoms with Crippen LogP contribution in [0.15, 0.2) is 72.9 Å². The number of methoxy groups -OCH3 is 1. The van der Waals surface area contributed by atoms with E-state index in [2.05, 4.69) is 5.32 Å². The monoisotopic (exact) mass is 456 g/mol. The molecule has 172 valence electrons. The predicted octanol–water partition coefficient (Wildman–Crippen LogP) is 5.77. The van der Waals surface area contributed by atoms with Crippen molar-refractivity contribution in [1.82, 2.24) is 14.5 Å². The number of nitrogens with zero attached hydrogens (tertiary/aromatic N) is 3. The minimum Gasteiger partial charge on any atom is -0.495 e. The maximum Gasteiger partial charge on any atom is 0.323 e. The first-order valence-electron chi connectivity index (χ1n) is 11.1. The summed E-state index contributed by atoms with van der Waals surface area (Å²) in [6.07, 6.45) is 1.96. The van der Waals surface area contributed by atoms with Crippen molar-refractivity contribution in [2.75, 3.05) is 12.4 Å². The maximum atomic E-state index is 13.8. The zero-order valence-electron chi connectivity index (χ0n) is 19.2. The lowest BCUT2D eigenvalue weighted by molar-refractivity contribution is 0.194. The molecule has 1 aliphatic rings. The molecule has 3 heterocycles. The molecule has 0 aliphatic carbocycles. The zero-order chi connectivity index (χ0) is 23.8. The Bertz CT molecular complexity index is 1360. The van der Waals surface area contributed by atoms with Crippen molar-refractivity contribution in [3.05, 3.63) is 107 Å². The molecule has 2 aromatic heterocycles. The lowest BCUT2D eigenvalue weighted by atomic mass is 10.0. The van der Waals surface area contributed by atoms with E-state index in [1.165, 1.54) is 12.1 Å². The average Bonchev–Trinajstić information content (AvgIpc) is 3.25. The lowest BCUT2D eigenvalue weighted by Crippen LogP contribution is -2.38. The molecule has 1 N–H and O–H groups in total. The van der Waals surface area contributed by atoms with E-state index >= 15 is 0 Å². The van der Waals surface area contributed by atoms with Crippen molar-refractivity contribution in [1.29, 1.82) is 0 Å². The van der Waals surface area contributed by atoms with Crippen molar-refractivity contribution in [2.24, 2.45) is 0 Å². The Labute approximate surface area is 197 Å². The molecule has 34 heavy (non-hydrogen) atoms. The SMILES string of the molecule is COc1ccccc1NC(=O)N1Cc2c(C)cc(C)nc2-n2cccc2[C@@H]1c1ccc(F)cc1. The summed E-state index contributed by atoms with van der Waals surface area (Å²) < 4.78 is 21.2. The minimum atomic E-state index is -0.459. The maximum absolute atomic E-state index is 13.8. The first-order chi connectivity index (χ1) is 16.5. The molecule has 0 saturated carbocycles. The van der Waals surface area contributed by atoms with Gasteiger partial charge in [0, 0.05) is 17.5 Å². The fourth-order valence-electron chi connectivity index (χ4n) is 4.59. The molecular weight excluding hydrogens is 431 g/mol. The van der Waals surface area contributed by atoms with E-state index in [9.17, 15) is 9.18 Å². The van der Waals surface area contributed by atoms with Gasteiger partial charge in [-0.25, -0.2) is 14.2 Å². The highest BCUT2D eigenvalue weighted by Crippen LogP contribution is 2.38. The number of carbonyl (C=O) groups is 1. The summed E-state index contributed by atoms with van der Waals surface area (Å²) in [4.78, 5) is 20.4. The van der Waals surface area contributed by atoms with Gasteiger partial charge < -0.3 is 19.5 Å². The highest BCUT2D eigenvalue weighted by atomic mass is 19.1. The number of carbonyl (C=O) groups excluding carboxylic acids is 1. The van der Waals surface area contributed by atoms with E-state index in [1.807, 2.05) is 54.9 Å². The summed E-state index contributed by atoms with van der Waals surface area (Å²) in [5, 5.41) is 3.01. The number of nitrogens with one attached hydrogen (secondary N) is 1. The standard InChI is InChI=1S/C27H25FN4O2/c1-17-15-18(2)29-26-21(17)16-32(27(33)30-22-7-4-5-9-24(22)34-3)25(23-8-6-14-31(23)26)19-10-12-20(28)13-11-19/h4-15,25H,16H2,1-3H3,(H,30,33)/t25-/m0/s1. The molecule has 5 rings (SSSR count). The Kier molecular flexibility index (Phi) is 5.53. The lowest BCUT2D eigenvalue weighted by Gasteiger charge is -2.31. The number of halogens is 1. The molecule has 0 fully saturated rings. The van der Waals surface area contributed by atoms with E-state index in [-0.39, 0.29) is 11.8 Å². The second kappa shape index (κ2) is 8.67. The molecule has 0 saturated heterocycles. The fourth-order valence-corrected chi connectivity index (χ4v) is 4.59. The third-order valence-corrected chi connectivity index (χ3v) is 6.18. The van der Waals surface area contributed by atoms with E-state index in [0.717, 1.165) is 33.9 Å². The molecule has 4 aromatic rings. The number of fused-ring (bicyclic) bond motifs is 3. The molecule has 2 amide bonds. The summed E-state index contributed by atoms with van der Waals surface area (Å²) >= 11 is 0. The number of hydrogen-bond acceptors (Lipinski definition) is 3. The van der Waals surface area contributed by atoms with E-state index in [1.54, 1.807) is 36.3 Å². The normalized spacial score (nSPS) is 14.7. The van der Waals surface area contributed by atoms with Crippen LogP contribution in [0.2, 0.25) is 0 Å². The van der Waals surface area contributed by atoms with Crippen LogP contribution in [0.25, 0.3) is 5.82 Å². The first kappa shape index (κ1) is 21.7. The number of pyridine rings is 1. The second-order valence-electron chi connectivity index (χ2n) is 8.40. The van der Waals surface area contributed by atoms with Gasteiger partial charge in [0.15, 0.2) is 0 Å². The Balaban J connectivity index is 1.67. The van der Waals surface area contributed by atoms with Crippen LogP contribution < -0.4 is 10.1 Å². The number of rotatable bonds is 3. The van der Waals surface area contributed by atoms with Crippen LogP contribution in [-0.4, -0.2) is 27.6 Å². The number of anilines is 1. The Morgan fingerprint density at radius 3 is 2.62 bits per heavy atom. The molecule has 1 atom stereocenters. The summed E-state index contributed by atoms with van der Waals surface area (Å²) in [5.41, 5.74) is 5.17. The number of urea groups is 1. The molecule has 0 radical (unpaired) electrons.